The first-order valence-electron chi connectivity index (χ1n) is 13.6. The molecule has 0 radical (unpaired) electrons. The third-order valence-electron chi connectivity index (χ3n) is 7.71. The lowest BCUT2D eigenvalue weighted by molar-refractivity contribution is -0.131. The molecule has 3 N–H and O–H groups in total. The highest BCUT2D eigenvalue weighted by atomic mass is 16.5. The van der Waals surface area contributed by atoms with E-state index >= 15 is 0 Å². The molecule has 0 saturated carbocycles. The van der Waals surface area contributed by atoms with E-state index in [0.717, 1.165) is 18.4 Å². The van der Waals surface area contributed by atoms with Gasteiger partial charge in [0, 0.05) is 51.6 Å². The van der Waals surface area contributed by atoms with Gasteiger partial charge >= 0.3 is 0 Å². The van der Waals surface area contributed by atoms with E-state index < -0.39 is 12.1 Å². The lowest BCUT2D eigenvalue weighted by atomic mass is 9.96. The van der Waals surface area contributed by atoms with E-state index in [9.17, 15) is 19.5 Å². The number of para-hydroxylation sites is 2. The lowest BCUT2D eigenvalue weighted by Crippen LogP contribution is -2.61. The zero-order valence-corrected chi connectivity index (χ0v) is 22.2. The Kier molecular flexibility index (Phi) is 8.33. The molecule has 0 aliphatic carbocycles. The molecule has 10 heteroatoms. The number of piperazine rings is 1. The van der Waals surface area contributed by atoms with E-state index in [1.807, 2.05) is 18.2 Å². The largest absolute Gasteiger partial charge is 0.508 e. The summed E-state index contributed by atoms with van der Waals surface area (Å²) < 4.78 is 12.4. The van der Waals surface area contributed by atoms with Crippen LogP contribution in [0.1, 0.15) is 42.1 Å². The summed E-state index contributed by atoms with van der Waals surface area (Å²) in [5.74, 6) is 0.00616. The molecule has 39 heavy (non-hydrogen) atoms. The summed E-state index contributed by atoms with van der Waals surface area (Å²) in [7, 11) is 0. The quantitative estimate of drug-likeness (QED) is 0.546. The fourth-order valence-corrected chi connectivity index (χ4v) is 5.67. The number of ether oxygens (including phenoxy) is 2. The van der Waals surface area contributed by atoms with E-state index in [-0.39, 0.29) is 42.2 Å². The summed E-state index contributed by atoms with van der Waals surface area (Å²) in [6, 6.07) is 13.3. The monoisotopic (exact) mass is 536 g/mol. The highest BCUT2D eigenvalue weighted by molar-refractivity contribution is 6.00. The molecule has 5 rings (SSSR count). The maximum absolute atomic E-state index is 13.8. The Morgan fingerprint density at radius 3 is 2.69 bits per heavy atom. The molecule has 2 bridgehead atoms. The van der Waals surface area contributed by atoms with Gasteiger partial charge < -0.3 is 30.1 Å². The Hall–Kier alpha value is -3.63. The Bertz CT molecular complexity index is 1210. The van der Waals surface area contributed by atoms with Crippen molar-refractivity contribution in [3.63, 3.8) is 0 Å². The number of phenols is 1. The van der Waals surface area contributed by atoms with Crippen LogP contribution in [0.15, 0.2) is 48.5 Å². The molecule has 2 aromatic carbocycles. The molecule has 3 aliphatic rings. The van der Waals surface area contributed by atoms with Gasteiger partial charge in [-0.05, 0) is 31.0 Å². The average Bonchev–Trinajstić information content (AvgIpc) is 2.93. The SMILES string of the molecule is CC(=O)N[C@@H]1CC[C@H]2CCOc3ccccc3C(=O)N3CCN(Cc4ccccc4O)C[C@H]3C(=O)NC[C@H]1O2. The molecule has 0 aromatic heterocycles. The number of amides is 3. The summed E-state index contributed by atoms with van der Waals surface area (Å²) in [5.41, 5.74) is 1.19. The van der Waals surface area contributed by atoms with Gasteiger partial charge in [0.05, 0.1) is 30.4 Å². The van der Waals surface area contributed by atoms with Crippen molar-refractivity contribution in [1.29, 1.82) is 0 Å². The number of hydrogen-bond donors (Lipinski definition) is 3. The average molecular weight is 537 g/mol. The third-order valence-corrected chi connectivity index (χ3v) is 7.71. The topological polar surface area (TPSA) is 120 Å². The van der Waals surface area contributed by atoms with E-state index in [2.05, 4.69) is 15.5 Å². The normalized spacial score (nSPS) is 26.3. The molecular weight excluding hydrogens is 500 g/mol. The first-order chi connectivity index (χ1) is 18.9. The number of fused-ring (bicyclic) bond motifs is 4. The van der Waals surface area contributed by atoms with Crippen LogP contribution < -0.4 is 15.4 Å². The molecule has 3 heterocycles. The molecule has 0 spiro atoms. The molecule has 2 saturated heterocycles. The predicted molar refractivity (Wildman–Crippen MR) is 143 cm³/mol. The summed E-state index contributed by atoms with van der Waals surface area (Å²) >= 11 is 0. The van der Waals surface area contributed by atoms with Gasteiger partial charge in [-0.15, -0.1) is 0 Å². The second kappa shape index (κ2) is 12.0. The number of nitrogens with zero attached hydrogens (tertiary/aromatic N) is 2. The molecule has 3 amide bonds. The van der Waals surface area contributed by atoms with E-state index in [4.69, 9.17) is 9.47 Å². The molecule has 10 nitrogen and oxygen atoms in total. The van der Waals surface area contributed by atoms with Crippen LogP contribution in [0.3, 0.4) is 0 Å². The number of carbonyl (C=O) groups is 3. The Morgan fingerprint density at radius 2 is 1.87 bits per heavy atom. The molecule has 4 atom stereocenters. The lowest BCUT2D eigenvalue weighted by Gasteiger charge is -2.42. The van der Waals surface area contributed by atoms with Gasteiger partial charge in [0.2, 0.25) is 11.8 Å². The van der Waals surface area contributed by atoms with Crippen LogP contribution in [-0.2, 0) is 20.9 Å². The minimum Gasteiger partial charge on any atom is -0.508 e. The van der Waals surface area contributed by atoms with Gasteiger partial charge in [0.1, 0.15) is 17.5 Å². The number of rotatable bonds is 3. The Morgan fingerprint density at radius 1 is 1.08 bits per heavy atom. The fourth-order valence-electron chi connectivity index (χ4n) is 5.67. The number of aromatic hydroxyl groups is 1. The molecule has 3 aliphatic heterocycles. The second-order valence-electron chi connectivity index (χ2n) is 10.4. The third kappa shape index (κ3) is 6.34. The number of benzene rings is 2. The van der Waals surface area contributed by atoms with Crippen LogP contribution >= 0.6 is 0 Å². The zero-order chi connectivity index (χ0) is 27.4. The van der Waals surface area contributed by atoms with Crippen LogP contribution in [0.4, 0.5) is 0 Å². The standard InChI is InChI=1S/C29H36N4O6/c1-19(34)31-23-11-10-21-12-15-38-26-9-5-3-7-22(26)29(37)33-14-13-32(17-20-6-2-4-8-25(20)35)18-24(33)28(36)30-16-27(23)39-21/h2-9,21,23-24,27,35H,10-18H2,1H3,(H,30,36)(H,31,34)/t21-,23+,24-,27+/m0/s1. The molecular formula is C29H36N4O6. The Labute approximate surface area is 228 Å². The summed E-state index contributed by atoms with van der Waals surface area (Å²) in [6.45, 7) is 3.73. The van der Waals surface area contributed by atoms with Crippen molar-refractivity contribution in [2.45, 2.75) is 57.0 Å². The summed E-state index contributed by atoms with van der Waals surface area (Å²) in [5, 5.41) is 16.3. The zero-order valence-electron chi connectivity index (χ0n) is 22.2. The van der Waals surface area contributed by atoms with Gasteiger partial charge in [-0.2, -0.15) is 0 Å². The maximum Gasteiger partial charge on any atom is 0.258 e. The van der Waals surface area contributed by atoms with Crippen molar-refractivity contribution in [2.75, 3.05) is 32.8 Å². The number of hydrogen-bond acceptors (Lipinski definition) is 7. The first kappa shape index (κ1) is 27.0. The Balaban J connectivity index is 1.41. The van der Waals surface area contributed by atoms with Gasteiger partial charge in [-0.3, -0.25) is 19.3 Å². The molecule has 0 unspecified atom stereocenters. The van der Waals surface area contributed by atoms with Crippen molar-refractivity contribution in [2.24, 2.45) is 0 Å². The highest BCUT2D eigenvalue weighted by Gasteiger charge is 2.38. The highest BCUT2D eigenvalue weighted by Crippen LogP contribution is 2.27. The van der Waals surface area contributed by atoms with Crippen molar-refractivity contribution >= 4 is 17.7 Å². The molecule has 2 fully saturated rings. The van der Waals surface area contributed by atoms with Gasteiger partial charge in [0.25, 0.3) is 5.91 Å². The predicted octanol–water partition coefficient (Wildman–Crippen LogP) is 1.67. The minimum absolute atomic E-state index is 0.0806. The van der Waals surface area contributed by atoms with Crippen LogP contribution in [0.5, 0.6) is 11.5 Å². The van der Waals surface area contributed by atoms with Crippen LogP contribution in [0.2, 0.25) is 0 Å². The van der Waals surface area contributed by atoms with E-state index in [0.29, 0.717) is 50.5 Å². The maximum atomic E-state index is 13.8. The van der Waals surface area contributed by atoms with Crippen LogP contribution in [0.25, 0.3) is 0 Å². The number of nitrogens with one attached hydrogen (secondary N) is 2. The smallest absolute Gasteiger partial charge is 0.258 e. The second-order valence-corrected chi connectivity index (χ2v) is 10.4. The van der Waals surface area contributed by atoms with Gasteiger partial charge in [0.15, 0.2) is 0 Å². The van der Waals surface area contributed by atoms with Crippen molar-refractivity contribution in [3.05, 3.63) is 59.7 Å². The summed E-state index contributed by atoms with van der Waals surface area (Å²) in [6.07, 6.45) is 1.66. The van der Waals surface area contributed by atoms with E-state index in [1.54, 1.807) is 35.2 Å². The van der Waals surface area contributed by atoms with Gasteiger partial charge in [-0.1, -0.05) is 30.3 Å². The van der Waals surface area contributed by atoms with Crippen molar-refractivity contribution in [3.8, 4) is 11.5 Å². The fraction of sp³-hybridized carbons (Fsp3) is 0.483. The molecule has 2 aromatic rings. The van der Waals surface area contributed by atoms with Gasteiger partial charge in [-0.25, -0.2) is 0 Å². The van der Waals surface area contributed by atoms with Crippen LogP contribution in [-0.4, -0.2) is 89.7 Å². The number of carbonyl (C=O) groups excluding carboxylic acids is 3. The first-order valence-corrected chi connectivity index (χ1v) is 13.6. The number of phenolic OH excluding ortho intramolecular Hbond substituents is 1. The van der Waals surface area contributed by atoms with E-state index in [1.165, 1.54) is 6.92 Å². The summed E-state index contributed by atoms with van der Waals surface area (Å²) in [4.78, 5) is 43.0. The molecule has 208 valence electrons. The van der Waals surface area contributed by atoms with Crippen molar-refractivity contribution < 1.29 is 29.0 Å². The van der Waals surface area contributed by atoms with Crippen molar-refractivity contribution in [1.82, 2.24) is 20.4 Å². The minimum atomic E-state index is -0.758. The van der Waals surface area contributed by atoms with Crippen LogP contribution in [0, 0.1) is 0 Å².